The zero-order chi connectivity index (χ0) is 33.2. The molecule has 0 unspecified atom stereocenters. The van der Waals surface area contributed by atoms with Gasteiger partial charge >= 0.3 is 37.9 Å². The van der Waals surface area contributed by atoms with Crippen LogP contribution in [-0.4, -0.2) is 25.7 Å². The van der Waals surface area contributed by atoms with Crippen molar-refractivity contribution in [1.82, 2.24) is 0 Å². The van der Waals surface area contributed by atoms with Gasteiger partial charge in [0.2, 0.25) is 0 Å². The predicted molar refractivity (Wildman–Crippen MR) is 206 cm³/mol. The fourth-order valence-corrected chi connectivity index (χ4v) is 9.66. The number of hydrogen-bond donors (Lipinski definition) is 0. The predicted octanol–water partition coefficient (Wildman–Crippen LogP) is 9.67. The molecular formula is C39H46Cl2Si3Zr. The van der Waals surface area contributed by atoms with Crippen molar-refractivity contribution in [3.8, 4) is 22.3 Å². The van der Waals surface area contributed by atoms with Crippen LogP contribution in [0, 0.1) is 6.07 Å². The van der Waals surface area contributed by atoms with Crippen LogP contribution in [0.3, 0.4) is 0 Å². The van der Waals surface area contributed by atoms with Gasteiger partial charge in [0.1, 0.15) is 0 Å². The largest absolute Gasteiger partial charge is 0.184 e. The van der Waals surface area contributed by atoms with E-state index in [4.69, 9.17) is 17.0 Å². The Morgan fingerprint density at radius 1 is 0.800 bits per heavy atom. The molecule has 0 bridgehead atoms. The Morgan fingerprint density at radius 3 is 1.98 bits per heavy atom. The van der Waals surface area contributed by atoms with Gasteiger partial charge in [-0.3, -0.25) is 0 Å². The summed E-state index contributed by atoms with van der Waals surface area (Å²) in [6.07, 6.45) is 1.09. The summed E-state index contributed by atoms with van der Waals surface area (Å²) in [5.41, 5.74) is 8.69. The first-order valence-corrected chi connectivity index (χ1v) is 30.1. The van der Waals surface area contributed by atoms with Crippen molar-refractivity contribution in [3.63, 3.8) is 0 Å². The van der Waals surface area contributed by atoms with Gasteiger partial charge in [-0.05, 0) is 17.4 Å². The molecule has 0 fully saturated rings. The molecule has 0 aromatic heterocycles. The fraction of sp³-hybridized carbons (Fsp3) is 0.308. The summed E-state index contributed by atoms with van der Waals surface area (Å²) in [5.74, 6) is 0. The van der Waals surface area contributed by atoms with Gasteiger partial charge in [-0.15, -0.1) is 40.1 Å². The van der Waals surface area contributed by atoms with Gasteiger partial charge in [-0.2, -0.15) is 35.5 Å². The molecule has 6 heteroatoms. The van der Waals surface area contributed by atoms with E-state index in [0.717, 1.165) is 15.9 Å². The standard InChI is InChI=1S/C27H39Si2.C12H7Si.2ClH.Zr/c1-11-19-14-20-12-13-25(27(2,3)4)26(24(20)15-19)21-16-22(28(5,6)7)18-23(17-21)29(8,9)10;1-3-7-11-9(5-1)10-6-2-4-8-12(10)13-11;;;/h12-18H,11H2,1-10H3;1-7H;2*1H;/q2*-1;;;+4/p-2. The molecule has 2 radical (unpaired) electrons. The van der Waals surface area contributed by atoms with Crippen LogP contribution in [0.1, 0.15) is 38.8 Å². The summed E-state index contributed by atoms with van der Waals surface area (Å²) in [6.45, 7) is 24.2. The molecule has 0 aliphatic carbocycles. The maximum absolute atomic E-state index is 4.93. The van der Waals surface area contributed by atoms with Gasteiger partial charge in [0.25, 0.3) is 0 Å². The van der Waals surface area contributed by atoms with Crippen molar-refractivity contribution in [2.45, 2.75) is 78.8 Å². The Kier molecular flexibility index (Phi) is 12.0. The molecule has 0 atom stereocenters. The Morgan fingerprint density at radius 2 is 1.40 bits per heavy atom. The zero-order valence-corrected chi connectivity index (χ0v) is 35.5. The first kappa shape index (κ1) is 36.4. The molecule has 1 aliphatic heterocycles. The third-order valence-corrected chi connectivity index (χ3v) is 13.9. The molecule has 5 aromatic carbocycles. The van der Waals surface area contributed by atoms with Crippen molar-refractivity contribution in [2.75, 3.05) is 0 Å². The average Bonchev–Trinajstić information content (AvgIpc) is 3.57. The van der Waals surface area contributed by atoms with Crippen LogP contribution in [0.5, 0.6) is 0 Å². The summed E-state index contributed by atoms with van der Waals surface area (Å²) in [5, 5.41) is 8.82. The van der Waals surface area contributed by atoms with Crippen molar-refractivity contribution in [3.05, 3.63) is 102 Å². The third kappa shape index (κ3) is 8.75. The number of benzene rings is 4. The van der Waals surface area contributed by atoms with Crippen molar-refractivity contribution in [2.24, 2.45) is 0 Å². The van der Waals surface area contributed by atoms with E-state index in [9.17, 15) is 0 Å². The van der Waals surface area contributed by atoms with Gasteiger partial charge in [-0.25, -0.2) is 0 Å². The summed E-state index contributed by atoms with van der Waals surface area (Å²) in [6, 6.07) is 35.3. The Balaban J connectivity index is 0.000000236. The molecule has 5 aromatic rings. The first-order valence-electron chi connectivity index (χ1n) is 15.8. The van der Waals surface area contributed by atoms with Gasteiger partial charge in [0.05, 0.1) is 25.7 Å². The number of fused-ring (bicyclic) bond motifs is 4. The topological polar surface area (TPSA) is 0 Å². The number of halogens is 2. The van der Waals surface area contributed by atoms with Gasteiger partial charge in [0, 0.05) is 0 Å². The molecule has 0 spiro atoms. The fourth-order valence-electron chi connectivity index (χ4n) is 5.85. The zero-order valence-electron chi connectivity index (χ0n) is 28.5. The van der Waals surface area contributed by atoms with Gasteiger partial charge < -0.3 is 0 Å². The molecule has 0 N–H and O–H groups in total. The van der Waals surface area contributed by atoms with Crippen LogP contribution in [0.2, 0.25) is 39.3 Å². The number of hydrogen-bond acceptors (Lipinski definition) is 0. The van der Waals surface area contributed by atoms with Crippen LogP contribution in [0.4, 0.5) is 0 Å². The van der Waals surface area contributed by atoms with E-state index in [2.05, 4.69) is 152 Å². The smallest absolute Gasteiger partial charge is 0.0920 e. The van der Waals surface area contributed by atoms with E-state index < -0.39 is 37.0 Å². The summed E-state index contributed by atoms with van der Waals surface area (Å²) in [4.78, 5) is 0. The molecule has 0 saturated carbocycles. The average molecular weight is 761 g/mol. The monoisotopic (exact) mass is 758 g/mol. The molecule has 1 aliphatic rings. The first-order chi connectivity index (χ1) is 21.1. The van der Waals surface area contributed by atoms with E-state index in [0.29, 0.717) is 0 Å². The van der Waals surface area contributed by atoms with Crippen LogP contribution in [0.25, 0.3) is 33.0 Å². The minimum atomic E-state index is -1.42. The minimum absolute atomic E-state index is 0.113. The second-order valence-electron chi connectivity index (χ2n) is 15.0. The summed E-state index contributed by atoms with van der Waals surface area (Å²) in [7, 11) is 7.83. The van der Waals surface area contributed by atoms with Crippen LogP contribution < -0.4 is 20.7 Å². The maximum Gasteiger partial charge on any atom is 0.0920 e. The molecule has 0 amide bonds. The molecular weight excluding hydrogens is 715 g/mol. The van der Waals surface area contributed by atoms with Gasteiger partial charge in [0.15, 0.2) is 0 Å². The van der Waals surface area contributed by atoms with Crippen molar-refractivity contribution in [1.29, 1.82) is 0 Å². The molecule has 1 heterocycles. The Hall–Kier alpha value is -1.40. The van der Waals surface area contributed by atoms with Crippen molar-refractivity contribution < 1.29 is 20.8 Å². The second-order valence-corrected chi connectivity index (χ2v) is 30.1. The molecule has 0 nitrogen and oxygen atoms in total. The van der Waals surface area contributed by atoms with Crippen molar-refractivity contribution >= 4 is 74.2 Å². The summed E-state index contributed by atoms with van der Waals surface area (Å²) < 4.78 is 0. The quantitative estimate of drug-likeness (QED) is 0.124. The number of aryl methyl sites for hydroxylation is 1. The molecule has 6 rings (SSSR count). The normalized spacial score (nSPS) is 12.4. The third-order valence-electron chi connectivity index (χ3n) is 8.45. The van der Waals surface area contributed by atoms with E-state index in [1.807, 2.05) is 6.07 Å². The summed E-state index contributed by atoms with van der Waals surface area (Å²) >= 11 is -0.826. The number of rotatable bonds is 4. The van der Waals surface area contributed by atoms with Crippen LogP contribution in [-0.2, 0) is 32.7 Å². The van der Waals surface area contributed by atoms with E-state index in [1.54, 1.807) is 10.4 Å². The molecule has 232 valence electrons. The Labute approximate surface area is 295 Å². The molecule has 0 saturated heterocycles. The van der Waals surface area contributed by atoms with Crippen LogP contribution >= 0.6 is 17.0 Å². The molecule has 45 heavy (non-hydrogen) atoms. The van der Waals surface area contributed by atoms with E-state index in [-0.39, 0.29) is 5.41 Å². The Bertz CT molecular complexity index is 1690. The SMILES string of the molecule is CCc1cc2c(-c3cc([Si](C)(C)C)cc([Si](C)(C)C)c3)c(C(C)(C)C)ccc2[cH-]1.[Cl][Zr+2][Cl].[c-]1cccc2c1[Si]c1ccccc1-2. The maximum atomic E-state index is 4.93. The van der Waals surface area contributed by atoms with E-state index >= 15 is 0 Å². The van der Waals surface area contributed by atoms with E-state index in [1.165, 1.54) is 54.5 Å². The van der Waals surface area contributed by atoms with Crippen LogP contribution in [0.15, 0.2) is 84.9 Å². The second kappa shape index (κ2) is 14.8. The minimum Gasteiger partial charge on any atom is -0.184 e. The van der Waals surface area contributed by atoms with Gasteiger partial charge in [-0.1, -0.05) is 142 Å².